The highest BCUT2D eigenvalue weighted by Crippen LogP contribution is 2.19. The van der Waals surface area contributed by atoms with E-state index in [0.717, 1.165) is 38.5 Å². The van der Waals surface area contributed by atoms with Gasteiger partial charge in [-0.1, -0.05) is 0 Å². The van der Waals surface area contributed by atoms with E-state index in [1.54, 1.807) is 18.5 Å². The zero-order valence-electron chi connectivity index (χ0n) is 12.3. The number of nitrogens with zero attached hydrogens (tertiary/aromatic N) is 2. The average Bonchev–Trinajstić information content (AvgIpc) is 2.52. The van der Waals surface area contributed by atoms with Crippen LogP contribution in [-0.2, 0) is 6.54 Å². The third-order valence-electron chi connectivity index (χ3n) is 3.95. The van der Waals surface area contributed by atoms with E-state index in [0.29, 0.717) is 5.69 Å². The van der Waals surface area contributed by atoms with E-state index in [1.165, 1.54) is 11.6 Å². The van der Waals surface area contributed by atoms with Gasteiger partial charge in [-0.3, -0.25) is 9.88 Å². The number of likely N-dealkylation sites (tertiary alicyclic amines) is 1. The summed E-state index contributed by atoms with van der Waals surface area (Å²) in [5.41, 5.74) is 1.87. The molecule has 5 heteroatoms. The highest BCUT2D eigenvalue weighted by Gasteiger charge is 2.20. The lowest BCUT2D eigenvalue weighted by Crippen LogP contribution is -2.41. The Hall–Kier alpha value is -2.01. The van der Waals surface area contributed by atoms with Gasteiger partial charge in [0.15, 0.2) is 11.6 Å². The van der Waals surface area contributed by atoms with Crippen LogP contribution in [0.25, 0.3) is 0 Å². The maximum absolute atomic E-state index is 13.3. The second-order valence-electron chi connectivity index (χ2n) is 5.70. The molecule has 0 spiro atoms. The Morgan fingerprint density at radius 3 is 2.73 bits per heavy atom. The Morgan fingerprint density at radius 1 is 1.14 bits per heavy atom. The zero-order chi connectivity index (χ0) is 15.4. The molecule has 22 heavy (non-hydrogen) atoms. The molecule has 0 aliphatic carbocycles. The van der Waals surface area contributed by atoms with Gasteiger partial charge in [0.25, 0.3) is 0 Å². The molecule has 2 heterocycles. The number of aromatic nitrogens is 1. The molecular formula is C17H19F2N3. The fraction of sp³-hybridized carbons (Fsp3) is 0.353. The first-order chi connectivity index (χ1) is 10.7. The predicted molar refractivity (Wildman–Crippen MR) is 82.5 cm³/mol. The van der Waals surface area contributed by atoms with E-state index in [2.05, 4.69) is 15.2 Å². The van der Waals surface area contributed by atoms with Crippen molar-refractivity contribution in [2.45, 2.75) is 25.4 Å². The fourth-order valence-electron chi connectivity index (χ4n) is 2.88. The molecule has 0 bridgehead atoms. The van der Waals surface area contributed by atoms with Gasteiger partial charge >= 0.3 is 0 Å². The van der Waals surface area contributed by atoms with Crippen LogP contribution < -0.4 is 5.32 Å². The molecule has 3 rings (SSSR count). The fourth-order valence-corrected chi connectivity index (χ4v) is 2.88. The summed E-state index contributed by atoms with van der Waals surface area (Å²) < 4.78 is 26.2. The summed E-state index contributed by atoms with van der Waals surface area (Å²) in [6.45, 7) is 2.83. The van der Waals surface area contributed by atoms with Gasteiger partial charge in [0, 0.05) is 43.3 Å². The maximum Gasteiger partial charge on any atom is 0.160 e. The molecule has 116 valence electrons. The molecule has 1 fully saturated rings. The molecule has 0 radical (unpaired) electrons. The monoisotopic (exact) mass is 303 g/mol. The quantitative estimate of drug-likeness (QED) is 0.938. The van der Waals surface area contributed by atoms with Gasteiger partial charge < -0.3 is 5.32 Å². The molecule has 3 nitrogen and oxygen atoms in total. The van der Waals surface area contributed by atoms with Crippen molar-refractivity contribution >= 4 is 5.69 Å². The number of benzene rings is 1. The molecule has 1 atom stereocenters. The molecule has 0 unspecified atom stereocenters. The SMILES string of the molecule is Fc1ccc(N[C@@H]2CCCN(Cc3ccncc3)C2)cc1F. The van der Waals surface area contributed by atoms with Crippen LogP contribution in [0.2, 0.25) is 0 Å². The Morgan fingerprint density at radius 2 is 1.95 bits per heavy atom. The summed E-state index contributed by atoms with van der Waals surface area (Å²) in [4.78, 5) is 6.40. The van der Waals surface area contributed by atoms with E-state index < -0.39 is 11.6 Å². The van der Waals surface area contributed by atoms with Crippen molar-refractivity contribution in [3.05, 3.63) is 59.9 Å². The number of rotatable bonds is 4. The molecule has 1 aromatic carbocycles. The van der Waals surface area contributed by atoms with E-state index in [4.69, 9.17) is 0 Å². The van der Waals surface area contributed by atoms with Crippen molar-refractivity contribution in [3.63, 3.8) is 0 Å². The Bertz CT molecular complexity index is 619. The molecule has 1 N–H and O–H groups in total. The van der Waals surface area contributed by atoms with Crippen LogP contribution in [-0.4, -0.2) is 29.0 Å². The first-order valence-electron chi connectivity index (χ1n) is 7.53. The number of pyridine rings is 1. The van der Waals surface area contributed by atoms with Gasteiger partial charge in [-0.05, 0) is 49.2 Å². The Balaban J connectivity index is 1.59. The normalized spacial score (nSPS) is 19.1. The second-order valence-corrected chi connectivity index (χ2v) is 5.70. The minimum atomic E-state index is -0.812. The van der Waals surface area contributed by atoms with E-state index in [-0.39, 0.29) is 6.04 Å². The highest BCUT2D eigenvalue weighted by atomic mass is 19.2. The van der Waals surface area contributed by atoms with Crippen LogP contribution in [0.3, 0.4) is 0 Å². The van der Waals surface area contributed by atoms with Gasteiger partial charge in [0.1, 0.15) is 0 Å². The highest BCUT2D eigenvalue weighted by molar-refractivity contribution is 5.44. The Labute approximate surface area is 129 Å². The van der Waals surface area contributed by atoms with Gasteiger partial charge in [-0.15, -0.1) is 0 Å². The smallest absolute Gasteiger partial charge is 0.160 e. The molecule has 1 aromatic heterocycles. The molecular weight excluding hydrogens is 284 g/mol. The van der Waals surface area contributed by atoms with Gasteiger partial charge in [0.05, 0.1) is 0 Å². The van der Waals surface area contributed by atoms with Crippen LogP contribution >= 0.6 is 0 Å². The lowest BCUT2D eigenvalue weighted by molar-refractivity contribution is 0.208. The number of hydrogen-bond acceptors (Lipinski definition) is 3. The minimum Gasteiger partial charge on any atom is -0.381 e. The maximum atomic E-state index is 13.3. The first-order valence-corrected chi connectivity index (χ1v) is 7.53. The van der Waals surface area contributed by atoms with Gasteiger partial charge in [-0.25, -0.2) is 8.78 Å². The van der Waals surface area contributed by atoms with Gasteiger partial charge in [0.2, 0.25) is 0 Å². The molecule has 1 aliphatic rings. The Kier molecular flexibility index (Phi) is 4.63. The van der Waals surface area contributed by atoms with Crippen molar-refractivity contribution in [2.24, 2.45) is 0 Å². The van der Waals surface area contributed by atoms with Crippen LogP contribution in [0, 0.1) is 11.6 Å². The lowest BCUT2D eigenvalue weighted by atomic mass is 10.0. The van der Waals surface area contributed by atoms with Crippen LogP contribution in [0.1, 0.15) is 18.4 Å². The first kappa shape index (κ1) is 14.9. The van der Waals surface area contributed by atoms with Crippen molar-refractivity contribution in [3.8, 4) is 0 Å². The zero-order valence-corrected chi connectivity index (χ0v) is 12.3. The third kappa shape index (κ3) is 3.80. The number of anilines is 1. The van der Waals surface area contributed by atoms with Crippen LogP contribution in [0.5, 0.6) is 0 Å². The molecule has 0 amide bonds. The van der Waals surface area contributed by atoms with E-state index in [1.807, 2.05) is 12.1 Å². The standard InChI is InChI=1S/C17H19F2N3/c18-16-4-3-14(10-17(16)19)21-15-2-1-9-22(12-15)11-13-5-7-20-8-6-13/h3-8,10,15,21H,1-2,9,11-12H2/t15-/m1/s1. The van der Waals surface area contributed by atoms with Crippen molar-refractivity contribution in [2.75, 3.05) is 18.4 Å². The summed E-state index contributed by atoms with van der Waals surface area (Å²) in [5, 5.41) is 3.30. The largest absolute Gasteiger partial charge is 0.381 e. The van der Waals surface area contributed by atoms with Crippen molar-refractivity contribution < 1.29 is 8.78 Å². The predicted octanol–water partition coefficient (Wildman–Crippen LogP) is 3.44. The summed E-state index contributed by atoms with van der Waals surface area (Å²) >= 11 is 0. The van der Waals surface area contributed by atoms with Gasteiger partial charge in [-0.2, -0.15) is 0 Å². The molecule has 0 saturated carbocycles. The minimum absolute atomic E-state index is 0.250. The third-order valence-corrected chi connectivity index (χ3v) is 3.95. The lowest BCUT2D eigenvalue weighted by Gasteiger charge is -2.33. The molecule has 1 saturated heterocycles. The summed E-state index contributed by atoms with van der Waals surface area (Å²) in [6, 6.07) is 8.26. The van der Waals surface area contributed by atoms with Crippen molar-refractivity contribution in [1.29, 1.82) is 0 Å². The number of halogens is 2. The summed E-state index contributed by atoms with van der Waals surface area (Å²) in [6.07, 6.45) is 5.73. The number of hydrogen-bond donors (Lipinski definition) is 1. The van der Waals surface area contributed by atoms with Crippen LogP contribution in [0.4, 0.5) is 14.5 Å². The van der Waals surface area contributed by atoms with E-state index >= 15 is 0 Å². The molecule has 1 aliphatic heterocycles. The average molecular weight is 303 g/mol. The van der Waals surface area contributed by atoms with Crippen LogP contribution in [0.15, 0.2) is 42.7 Å². The number of piperidine rings is 1. The second kappa shape index (κ2) is 6.83. The number of nitrogens with one attached hydrogen (secondary N) is 1. The van der Waals surface area contributed by atoms with E-state index in [9.17, 15) is 8.78 Å². The summed E-state index contributed by atoms with van der Waals surface area (Å²) in [5.74, 6) is -1.62. The summed E-state index contributed by atoms with van der Waals surface area (Å²) in [7, 11) is 0. The van der Waals surface area contributed by atoms with Crippen molar-refractivity contribution in [1.82, 2.24) is 9.88 Å². The topological polar surface area (TPSA) is 28.2 Å². The molecule has 2 aromatic rings.